The van der Waals surface area contributed by atoms with Crippen molar-refractivity contribution in [2.75, 3.05) is 0 Å². The molecule has 0 fully saturated rings. The molecule has 0 N–H and O–H groups in total. The van der Waals surface area contributed by atoms with E-state index in [4.69, 9.17) is 0 Å². The maximum absolute atomic E-state index is 4.17. The van der Waals surface area contributed by atoms with Gasteiger partial charge in [-0.3, -0.25) is 0 Å². The van der Waals surface area contributed by atoms with E-state index >= 15 is 0 Å². The summed E-state index contributed by atoms with van der Waals surface area (Å²) >= 11 is 0. The van der Waals surface area contributed by atoms with Crippen molar-refractivity contribution in [1.29, 1.82) is 0 Å². The molecule has 1 aliphatic carbocycles. The van der Waals surface area contributed by atoms with Crippen LogP contribution in [0, 0.1) is 0 Å². The maximum atomic E-state index is 4.17. The monoisotopic (exact) mass is 624 g/mol. The van der Waals surface area contributed by atoms with Crippen molar-refractivity contribution in [2.45, 2.75) is 19.3 Å². The first-order chi connectivity index (χ1) is 24.0. The van der Waals surface area contributed by atoms with Crippen LogP contribution in [0.25, 0.3) is 83.9 Å². The van der Waals surface area contributed by atoms with E-state index in [2.05, 4.69) is 184 Å². The second kappa shape index (κ2) is 11.3. The third-order valence-corrected chi connectivity index (χ3v) is 10.7. The van der Waals surface area contributed by atoms with Crippen molar-refractivity contribution in [2.24, 2.45) is 0 Å². The Bertz CT molecular complexity index is 2630. The predicted octanol–water partition coefficient (Wildman–Crippen LogP) is 13.6. The summed E-state index contributed by atoms with van der Waals surface area (Å²) in [6, 6.07) is 55.8. The van der Waals surface area contributed by atoms with Crippen LogP contribution in [0.1, 0.15) is 41.7 Å². The number of hydrogen-bond acceptors (Lipinski definition) is 0. The van der Waals surface area contributed by atoms with Gasteiger partial charge in [-0.1, -0.05) is 178 Å². The van der Waals surface area contributed by atoms with Gasteiger partial charge in [0, 0.05) is 5.41 Å². The van der Waals surface area contributed by atoms with Crippen LogP contribution in [0.4, 0.5) is 0 Å². The van der Waals surface area contributed by atoms with Gasteiger partial charge in [0.15, 0.2) is 0 Å². The normalized spacial score (nSPS) is 13.3. The largest absolute Gasteiger partial charge is 0.0984 e. The molecule has 9 rings (SSSR count). The van der Waals surface area contributed by atoms with Crippen LogP contribution in [0.5, 0.6) is 0 Å². The third-order valence-electron chi connectivity index (χ3n) is 10.7. The highest BCUT2D eigenvalue weighted by Crippen LogP contribution is 2.48. The van der Waals surface area contributed by atoms with Crippen LogP contribution in [0.15, 0.2) is 158 Å². The molecule has 0 unspecified atom stereocenters. The molecule has 0 aliphatic heterocycles. The zero-order valence-corrected chi connectivity index (χ0v) is 27.9. The van der Waals surface area contributed by atoms with Gasteiger partial charge in [-0.15, -0.1) is 0 Å². The van der Waals surface area contributed by atoms with Crippen molar-refractivity contribution in [3.8, 4) is 33.4 Å². The topological polar surface area (TPSA) is 0 Å². The highest BCUT2D eigenvalue weighted by molar-refractivity contribution is 6.21. The van der Waals surface area contributed by atoms with E-state index in [-0.39, 0.29) is 5.41 Å². The van der Waals surface area contributed by atoms with Crippen LogP contribution in [-0.4, -0.2) is 0 Å². The van der Waals surface area contributed by atoms with Crippen molar-refractivity contribution >= 4 is 50.5 Å². The highest BCUT2D eigenvalue weighted by Gasteiger charge is 2.34. The molecule has 49 heavy (non-hydrogen) atoms. The SMILES string of the molecule is C=Cc1cc(-c2ccc(-c3cc4c5ccccc5ccc4c4ccccc34)cc2)ccc1C=Cc1ccc2c(c1)C(C)(C)c1ccccc1-2. The Kier molecular flexibility index (Phi) is 6.74. The Balaban J connectivity index is 1.04. The number of fused-ring (bicyclic) bond motifs is 8. The Hall–Kier alpha value is -5.98. The fourth-order valence-corrected chi connectivity index (χ4v) is 8.04. The van der Waals surface area contributed by atoms with Gasteiger partial charge in [0.05, 0.1) is 0 Å². The molecule has 0 saturated heterocycles. The molecular weight excluding hydrogens is 589 g/mol. The van der Waals surface area contributed by atoms with Crippen molar-refractivity contribution < 1.29 is 0 Å². The quantitative estimate of drug-likeness (QED) is 0.132. The zero-order valence-electron chi connectivity index (χ0n) is 27.9. The molecule has 0 atom stereocenters. The lowest BCUT2D eigenvalue weighted by atomic mass is 9.82. The molecule has 1 aliphatic rings. The van der Waals surface area contributed by atoms with E-state index in [0.29, 0.717) is 0 Å². The summed E-state index contributed by atoms with van der Waals surface area (Å²) < 4.78 is 0. The van der Waals surface area contributed by atoms with Gasteiger partial charge >= 0.3 is 0 Å². The summed E-state index contributed by atoms with van der Waals surface area (Å²) in [6.07, 6.45) is 6.41. The molecule has 0 aromatic heterocycles. The van der Waals surface area contributed by atoms with Crippen LogP contribution >= 0.6 is 0 Å². The first kappa shape index (κ1) is 29.2. The molecule has 8 aromatic carbocycles. The lowest BCUT2D eigenvalue weighted by Crippen LogP contribution is -2.14. The second-order valence-corrected chi connectivity index (χ2v) is 13.8. The van der Waals surface area contributed by atoms with E-state index in [9.17, 15) is 0 Å². The number of rotatable bonds is 5. The molecule has 0 heterocycles. The molecule has 0 nitrogen and oxygen atoms in total. The van der Waals surface area contributed by atoms with E-state index in [0.717, 1.165) is 11.1 Å². The van der Waals surface area contributed by atoms with Gasteiger partial charge < -0.3 is 0 Å². The standard InChI is InChI=1S/C49H36/c1-4-33-30-38(25-22-34(33)19-17-32-18-27-44-43-15-9-10-16-47(43)49(2,3)48(44)29-32)35-20-23-37(24-21-35)45-31-46-39-12-6-5-11-36(39)26-28-42(46)40-13-7-8-14-41(40)45/h4-31H,1H2,2-3H3. The molecule has 0 bridgehead atoms. The second-order valence-electron chi connectivity index (χ2n) is 13.8. The first-order valence-corrected chi connectivity index (χ1v) is 17.1. The van der Waals surface area contributed by atoms with E-state index in [1.165, 1.54) is 82.4 Å². The lowest BCUT2D eigenvalue weighted by Gasteiger charge is -2.21. The number of hydrogen-bond donors (Lipinski definition) is 0. The molecule has 232 valence electrons. The highest BCUT2D eigenvalue weighted by atomic mass is 14.4. The van der Waals surface area contributed by atoms with E-state index < -0.39 is 0 Å². The van der Waals surface area contributed by atoms with Crippen molar-refractivity contribution in [1.82, 2.24) is 0 Å². The average molecular weight is 625 g/mol. The lowest BCUT2D eigenvalue weighted by molar-refractivity contribution is 0.660. The minimum absolute atomic E-state index is 0.00493. The first-order valence-electron chi connectivity index (χ1n) is 17.1. The Labute approximate surface area is 288 Å². The van der Waals surface area contributed by atoms with E-state index in [1.54, 1.807) is 0 Å². The van der Waals surface area contributed by atoms with Crippen molar-refractivity contribution in [3.63, 3.8) is 0 Å². The minimum atomic E-state index is -0.00493. The van der Waals surface area contributed by atoms with Crippen molar-refractivity contribution in [3.05, 3.63) is 186 Å². The molecule has 0 saturated carbocycles. The van der Waals surface area contributed by atoms with Crippen LogP contribution < -0.4 is 0 Å². The van der Waals surface area contributed by atoms with Gasteiger partial charge in [0.25, 0.3) is 0 Å². The molecule has 0 radical (unpaired) electrons. The van der Waals surface area contributed by atoms with Crippen LogP contribution in [-0.2, 0) is 5.41 Å². The van der Waals surface area contributed by atoms with Crippen LogP contribution in [0.2, 0.25) is 0 Å². The smallest absolute Gasteiger partial charge is 0.0159 e. The van der Waals surface area contributed by atoms with Gasteiger partial charge in [-0.05, 0) is 106 Å². The summed E-state index contributed by atoms with van der Waals surface area (Å²) in [5, 5.41) is 7.72. The summed E-state index contributed by atoms with van der Waals surface area (Å²) in [6.45, 7) is 8.83. The predicted molar refractivity (Wildman–Crippen MR) is 213 cm³/mol. The molecule has 0 spiro atoms. The Morgan fingerprint density at radius 3 is 1.94 bits per heavy atom. The van der Waals surface area contributed by atoms with Crippen LogP contribution in [0.3, 0.4) is 0 Å². The zero-order chi connectivity index (χ0) is 33.1. The average Bonchev–Trinajstić information content (AvgIpc) is 3.39. The van der Waals surface area contributed by atoms with Gasteiger partial charge in [0.2, 0.25) is 0 Å². The number of benzene rings is 8. The molecule has 0 heteroatoms. The van der Waals surface area contributed by atoms with E-state index in [1.807, 2.05) is 6.08 Å². The fourth-order valence-electron chi connectivity index (χ4n) is 8.04. The molecule has 0 amide bonds. The fraction of sp³-hybridized carbons (Fsp3) is 0.0612. The summed E-state index contributed by atoms with van der Waals surface area (Å²) in [4.78, 5) is 0. The summed E-state index contributed by atoms with van der Waals surface area (Å²) in [7, 11) is 0. The summed E-state index contributed by atoms with van der Waals surface area (Å²) in [5.41, 5.74) is 13.9. The molecular formula is C49H36. The Morgan fingerprint density at radius 2 is 1.10 bits per heavy atom. The van der Waals surface area contributed by atoms with Gasteiger partial charge in [0.1, 0.15) is 0 Å². The maximum Gasteiger partial charge on any atom is 0.0159 e. The Morgan fingerprint density at radius 1 is 0.429 bits per heavy atom. The summed E-state index contributed by atoms with van der Waals surface area (Å²) in [5.74, 6) is 0. The van der Waals surface area contributed by atoms with Gasteiger partial charge in [-0.25, -0.2) is 0 Å². The van der Waals surface area contributed by atoms with Gasteiger partial charge in [-0.2, -0.15) is 0 Å². The third kappa shape index (κ3) is 4.75. The molecule has 8 aromatic rings. The minimum Gasteiger partial charge on any atom is -0.0984 e.